The fraction of sp³-hybridized carbons (Fsp3) is 0. The van der Waals surface area contributed by atoms with Gasteiger partial charge in [0.1, 0.15) is 0 Å². The zero-order valence-electron chi connectivity index (χ0n) is 3.51. The SMILES string of the molecule is O.O=POP(=O)(O)O. The van der Waals surface area contributed by atoms with Crippen molar-refractivity contribution < 1.29 is 28.7 Å². The Morgan fingerprint density at radius 3 is 1.88 bits per heavy atom. The smallest absolute Gasteiger partial charge is 0.412 e. The molecule has 0 amide bonds. The lowest BCUT2D eigenvalue weighted by Gasteiger charge is -1.90. The van der Waals surface area contributed by atoms with Crippen molar-refractivity contribution in [2.45, 2.75) is 0 Å². The van der Waals surface area contributed by atoms with E-state index in [1.165, 1.54) is 0 Å². The summed E-state index contributed by atoms with van der Waals surface area (Å²) in [4.78, 5) is 15.4. The number of hydrogen-bond acceptors (Lipinski definition) is 3. The largest absolute Gasteiger partial charge is 0.480 e. The standard InChI is InChI=1S/H2O5P2.H2O/c1-6-5-7(2,3)4;/h(H2,2,3,4);1H2. The molecule has 6 nitrogen and oxygen atoms in total. The summed E-state index contributed by atoms with van der Waals surface area (Å²) in [7, 11) is -5.49. The molecule has 0 fully saturated rings. The van der Waals surface area contributed by atoms with Crippen LogP contribution < -0.4 is 0 Å². The van der Waals surface area contributed by atoms with E-state index in [1.54, 1.807) is 0 Å². The first-order valence-electron chi connectivity index (χ1n) is 1.13. The number of rotatable bonds is 2. The highest BCUT2D eigenvalue weighted by Crippen LogP contribution is 2.39. The van der Waals surface area contributed by atoms with Gasteiger partial charge in [-0.1, -0.05) is 0 Å². The van der Waals surface area contributed by atoms with Gasteiger partial charge in [-0.05, 0) is 0 Å². The summed E-state index contributed by atoms with van der Waals surface area (Å²) in [5.74, 6) is 0. The van der Waals surface area contributed by atoms with Gasteiger partial charge in [0.25, 0.3) is 0 Å². The van der Waals surface area contributed by atoms with E-state index in [9.17, 15) is 9.13 Å². The van der Waals surface area contributed by atoms with Crippen LogP contribution in [0.25, 0.3) is 0 Å². The maximum atomic E-state index is 9.50. The highest BCUT2D eigenvalue weighted by atomic mass is 31.2. The molecule has 0 saturated heterocycles. The molecule has 0 aliphatic heterocycles. The zero-order chi connectivity index (χ0) is 5.91. The van der Waals surface area contributed by atoms with Gasteiger partial charge in [0, 0.05) is 0 Å². The Bertz CT molecular complexity index is 99.1. The third-order valence-electron chi connectivity index (χ3n) is 0.140. The molecular formula is H4O6P2. The van der Waals surface area contributed by atoms with E-state index in [0.717, 1.165) is 0 Å². The van der Waals surface area contributed by atoms with Crippen molar-refractivity contribution in [1.82, 2.24) is 0 Å². The van der Waals surface area contributed by atoms with Crippen LogP contribution in [0.4, 0.5) is 0 Å². The van der Waals surface area contributed by atoms with Crippen LogP contribution in [0, 0.1) is 0 Å². The van der Waals surface area contributed by atoms with Crippen molar-refractivity contribution in [3.63, 3.8) is 0 Å². The van der Waals surface area contributed by atoms with Gasteiger partial charge in [-0.3, -0.25) is 0 Å². The van der Waals surface area contributed by atoms with Crippen LogP contribution in [0.1, 0.15) is 0 Å². The minimum absolute atomic E-state index is 0. The van der Waals surface area contributed by atoms with Crippen LogP contribution in [0.15, 0.2) is 0 Å². The van der Waals surface area contributed by atoms with E-state index in [2.05, 4.69) is 4.31 Å². The van der Waals surface area contributed by atoms with Crippen LogP contribution in [-0.4, -0.2) is 15.3 Å². The molecule has 0 radical (unpaired) electrons. The summed E-state index contributed by atoms with van der Waals surface area (Å²) in [5.41, 5.74) is 0. The molecule has 50 valence electrons. The highest BCUT2D eigenvalue weighted by Gasteiger charge is 2.12. The Hall–Kier alpha value is 0.170. The second kappa shape index (κ2) is 4.09. The summed E-state index contributed by atoms with van der Waals surface area (Å²) in [6, 6.07) is 0. The molecule has 0 saturated carbocycles. The molecule has 0 aromatic carbocycles. The molecule has 0 bridgehead atoms. The number of phosphoric acid groups is 1. The maximum absolute atomic E-state index is 9.50. The molecular weight excluding hydrogens is 158 g/mol. The Morgan fingerprint density at radius 2 is 1.88 bits per heavy atom. The van der Waals surface area contributed by atoms with Crippen molar-refractivity contribution in [1.29, 1.82) is 0 Å². The first kappa shape index (κ1) is 11.0. The highest BCUT2D eigenvalue weighted by molar-refractivity contribution is 7.52. The minimum Gasteiger partial charge on any atom is -0.412 e. The topological polar surface area (TPSA) is 115 Å². The molecule has 4 N–H and O–H groups in total. The third-order valence-corrected chi connectivity index (χ3v) is 1.26. The predicted molar refractivity (Wildman–Crippen MR) is 24.3 cm³/mol. The van der Waals surface area contributed by atoms with Crippen LogP contribution in [-0.2, 0) is 13.4 Å². The predicted octanol–water partition coefficient (Wildman–Crippen LogP) is -0.522. The average molecular weight is 162 g/mol. The monoisotopic (exact) mass is 162 g/mol. The quantitative estimate of drug-likeness (QED) is 0.529. The van der Waals surface area contributed by atoms with E-state index in [4.69, 9.17) is 9.79 Å². The summed E-state index contributed by atoms with van der Waals surface area (Å²) < 4.78 is 22.0. The average Bonchev–Trinajstić information content (AvgIpc) is 1.30. The van der Waals surface area contributed by atoms with Gasteiger partial charge in [-0.15, -0.1) is 0 Å². The molecule has 0 aromatic rings. The summed E-state index contributed by atoms with van der Waals surface area (Å²) in [6.45, 7) is 0. The summed E-state index contributed by atoms with van der Waals surface area (Å²) in [5, 5.41) is 0. The van der Waals surface area contributed by atoms with Gasteiger partial charge in [0.05, 0.1) is 0 Å². The van der Waals surface area contributed by atoms with Crippen molar-refractivity contribution in [2.24, 2.45) is 0 Å². The molecule has 0 aliphatic carbocycles. The van der Waals surface area contributed by atoms with Gasteiger partial charge in [0.15, 0.2) is 0 Å². The van der Waals surface area contributed by atoms with Gasteiger partial charge >= 0.3 is 16.5 Å². The first-order valence-corrected chi connectivity index (χ1v) is 3.39. The Morgan fingerprint density at radius 1 is 1.50 bits per heavy atom. The van der Waals surface area contributed by atoms with E-state index in [0.29, 0.717) is 0 Å². The molecule has 0 heterocycles. The van der Waals surface area contributed by atoms with E-state index < -0.39 is 16.5 Å². The lowest BCUT2D eigenvalue weighted by Crippen LogP contribution is -1.70. The fourth-order valence-electron chi connectivity index (χ4n) is 0.0434. The fourth-order valence-corrected chi connectivity index (χ4v) is 0.391. The van der Waals surface area contributed by atoms with Gasteiger partial charge in [-0.2, -0.15) is 4.31 Å². The molecule has 0 rings (SSSR count). The van der Waals surface area contributed by atoms with Crippen molar-refractivity contribution >= 4 is 16.5 Å². The number of hydrogen-bond donors (Lipinski definition) is 2. The molecule has 0 spiro atoms. The summed E-state index contributed by atoms with van der Waals surface area (Å²) in [6.07, 6.45) is 0. The molecule has 0 atom stereocenters. The first-order chi connectivity index (χ1) is 3.06. The van der Waals surface area contributed by atoms with Crippen LogP contribution in [0.5, 0.6) is 0 Å². The molecule has 0 unspecified atom stereocenters. The van der Waals surface area contributed by atoms with Crippen molar-refractivity contribution in [3.05, 3.63) is 0 Å². The van der Waals surface area contributed by atoms with Gasteiger partial charge in [-0.25, -0.2) is 9.13 Å². The summed E-state index contributed by atoms with van der Waals surface area (Å²) >= 11 is 0. The zero-order valence-corrected chi connectivity index (χ0v) is 5.30. The van der Waals surface area contributed by atoms with Crippen LogP contribution in [0.2, 0.25) is 0 Å². The van der Waals surface area contributed by atoms with Crippen LogP contribution >= 0.6 is 16.5 Å². The maximum Gasteiger partial charge on any atom is 0.480 e. The Labute approximate surface area is 46.3 Å². The minimum atomic E-state index is -4.49. The van der Waals surface area contributed by atoms with E-state index in [-0.39, 0.29) is 5.48 Å². The molecule has 0 aromatic heterocycles. The van der Waals surface area contributed by atoms with E-state index in [1.807, 2.05) is 0 Å². The Kier molecular flexibility index (Phi) is 5.64. The normalized spacial score (nSPS) is 10.8. The lowest BCUT2D eigenvalue weighted by molar-refractivity contribution is 0.292. The molecule has 8 heteroatoms. The van der Waals surface area contributed by atoms with Gasteiger partial charge in [0.2, 0.25) is 0 Å². The second-order valence-electron chi connectivity index (χ2n) is 0.647. The van der Waals surface area contributed by atoms with Crippen LogP contribution in [0.3, 0.4) is 0 Å². The Balaban J connectivity index is 0. The molecule has 0 aliphatic rings. The van der Waals surface area contributed by atoms with E-state index >= 15 is 0 Å². The second-order valence-corrected chi connectivity index (χ2v) is 2.43. The van der Waals surface area contributed by atoms with Gasteiger partial charge < -0.3 is 15.3 Å². The molecule has 8 heavy (non-hydrogen) atoms. The lowest BCUT2D eigenvalue weighted by atomic mass is 15.7. The van der Waals surface area contributed by atoms with Crippen molar-refractivity contribution in [2.75, 3.05) is 0 Å². The van der Waals surface area contributed by atoms with Crippen molar-refractivity contribution in [3.8, 4) is 0 Å². The third kappa shape index (κ3) is 9.48.